The van der Waals surface area contributed by atoms with E-state index in [1.165, 1.54) is 0 Å². The average molecular weight is 413 g/mol. The number of amides is 1. The molecule has 0 saturated heterocycles. The van der Waals surface area contributed by atoms with Crippen molar-refractivity contribution in [2.24, 2.45) is 0 Å². The van der Waals surface area contributed by atoms with E-state index in [0.717, 1.165) is 10.0 Å². The van der Waals surface area contributed by atoms with E-state index >= 15 is 0 Å². The van der Waals surface area contributed by atoms with Crippen LogP contribution < -0.4 is 5.32 Å². The Hall–Kier alpha value is -2.80. The molecule has 0 bridgehead atoms. The van der Waals surface area contributed by atoms with Crippen LogP contribution in [0.15, 0.2) is 65.4 Å². The Morgan fingerprint density at radius 3 is 2.46 bits per heavy atom. The lowest BCUT2D eigenvalue weighted by molar-refractivity contribution is -0.116. The van der Waals surface area contributed by atoms with Gasteiger partial charge in [-0.25, -0.2) is 9.67 Å². The molecule has 7 heteroatoms. The zero-order valence-corrected chi connectivity index (χ0v) is 15.5. The highest BCUT2D eigenvalue weighted by molar-refractivity contribution is 9.10. The van der Waals surface area contributed by atoms with E-state index in [4.69, 9.17) is 0 Å². The van der Waals surface area contributed by atoms with Crippen LogP contribution in [0.1, 0.15) is 28.8 Å². The van der Waals surface area contributed by atoms with Crippen LogP contribution in [0.2, 0.25) is 0 Å². The van der Waals surface area contributed by atoms with Crippen molar-refractivity contribution in [3.63, 3.8) is 0 Å². The molecule has 26 heavy (non-hydrogen) atoms. The Balaban J connectivity index is 1.49. The van der Waals surface area contributed by atoms with Gasteiger partial charge in [0.15, 0.2) is 5.78 Å². The number of ketones is 1. The van der Waals surface area contributed by atoms with Gasteiger partial charge in [-0.1, -0.05) is 58.4 Å². The van der Waals surface area contributed by atoms with E-state index in [0.29, 0.717) is 12.1 Å². The van der Waals surface area contributed by atoms with Gasteiger partial charge in [0.2, 0.25) is 11.9 Å². The highest BCUT2D eigenvalue weighted by Gasteiger charge is 2.11. The van der Waals surface area contributed by atoms with Gasteiger partial charge < -0.3 is 0 Å². The zero-order valence-electron chi connectivity index (χ0n) is 13.9. The summed E-state index contributed by atoms with van der Waals surface area (Å²) in [6, 6.07) is 16.8. The predicted molar refractivity (Wildman–Crippen MR) is 102 cm³/mol. The summed E-state index contributed by atoms with van der Waals surface area (Å²) < 4.78 is 2.66. The van der Waals surface area contributed by atoms with Crippen molar-refractivity contribution in [2.45, 2.75) is 19.4 Å². The minimum atomic E-state index is -0.282. The van der Waals surface area contributed by atoms with Crippen molar-refractivity contribution in [1.82, 2.24) is 14.8 Å². The summed E-state index contributed by atoms with van der Waals surface area (Å²) in [5.74, 6) is -0.107. The summed E-state index contributed by atoms with van der Waals surface area (Å²) in [6.07, 6.45) is 1.80. The van der Waals surface area contributed by atoms with Crippen LogP contribution >= 0.6 is 15.9 Å². The Morgan fingerprint density at radius 2 is 1.73 bits per heavy atom. The third kappa shape index (κ3) is 5.10. The summed E-state index contributed by atoms with van der Waals surface area (Å²) in [6.45, 7) is 0.558. The molecule has 0 aliphatic carbocycles. The van der Waals surface area contributed by atoms with Crippen LogP contribution in [-0.2, 0) is 11.3 Å². The average Bonchev–Trinajstić information content (AvgIpc) is 3.09. The molecule has 3 aromatic rings. The van der Waals surface area contributed by atoms with Crippen molar-refractivity contribution in [3.8, 4) is 0 Å². The molecule has 0 atom stereocenters. The van der Waals surface area contributed by atoms with Gasteiger partial charge in [-0.05, 0) is 17.7 Å². The molecule has 0 spiro atoms. The van der Waals surface area contributed by atoms with E-state index < -0.39 is 0 Å². The standard InChI is InChI=1S/C19H17BrN4O2/c20-16-8-6-14(7-9-16)12-24-13-21-19(23-24)22-18(26)11-10-17(25)15-4-2-1-3-5-15/h1-9,13H,10-12H2,(H,22,23,26). The minimum absolute atomic E-state index is 0.0607. The molecule has 0 unspecified atom stereocenters. The summed E-state index contributed by atoms with van der Waals surface area (Å²) >= 11 is 3.40. The minimum Gasteiger partial charge on any atom is -0.294 e. The van der Waals surface area contributed by atoms with Crippen molar-refractivity contribution >= 4 is 33.6 Å². The number of carbonyl (C=O) groups is 2. The maximum atomic E-state index is 12.0. The first-order valence-corrected chi connectivity index (χ1v) is 8.91. The molecule has 2 aromatic carbocycles. The van der Waals surface area contributed by atoms with Gasteiger partial charge >= 0.3 is 0 Å². The van der Waals surface area contributed by atoms with Crippen molar-refractivity contribution in [2.75, 3.05) is 5.32 Å². The molecule has 1 amide bonds. The van der Waals surface area contributed by atoms with Crippen molar-refractivity contribution < 1.29 is 9.59 Å². The van der Waals surface area contributed by atoms with Gasteiger partial charge in [0.05, 0.1) is 6.54 Å². The number of benzene rings is 2. The highest BCUT2D eigenvalue weighted by atomic mass is 79.9. The molecule has 6 nitrogen and oxygen atoms in total. The summed E-state index contributed by atoms with van der Waals surface area (Å²) in [7, 11) is 0. The fourth-order valence-corrected chi connectivity index (χ4v) is 2.65. The molecule has 0 aliphatic rings. The number of Topliss-reactive ketones (excluding diaryl/α,β-unsaturated/α-hetero) is 1. The number of nitrogens with one attached hydrogen (secondary N) is 1. The van der Waals surface area contributed by atoms with Crippen LogP contribution in [0.25, 0.3) is 0 Å². The Morgan fingerprint density at radius 1 is 1.00 bits per heavy atom. The predicted octanol–water partition coefficient (Wildman–Crippen LogP) is 3.69. The summed E-state index contributed by atoms with van der Waals surface area (Å²) in [4.78, 5) is 28.1. The van der Waals surface area contributed by atoms with E-state index in [1.54, 1.807) is 35.3 Å². The number of carbonyl (C=O) groups excluding carboxylic acids is 2. The molecule has 0 saturated carbocycles. The molecule has 1 aromatic heterocycles. The number of hydrogen-bond donors (Lipinski definition) is 1. The van der Waals surface area contributed by atoms with Crippen molar-refractivity contribution in [1.29, 1.82) is 0 Å². The monoisotopic (exact) mass is 412 g/mol. The van der Waals surface area contributed by atoms with Crippen LogP contribution in [0.4, 0.5) is 5.95 Å². The SMILES string of the molecule is O=C(CCC(=O)c1ccccc1)Nc1ncn(Cc2ccc(Br)cc2)n1. The lowest BCUT2D eigenvalue weighted by Crippen LogP contribution is -2.15. The van der Waals surface area contributed by atoms with Crippen LogP contribution in [0.3, 0.4) is 0 Å². The number of nitrogens with zero attached hydrogens (tertiary/aromatic N) is 3. The number of rotatable bonds is 7. The third-order valence-electron chi connectivity index (χ3n) is 3.72. The van der Waals surface area contributed by atoms with Gasteiger partial charge in [0, 0.05) is 22.9 Å². The molecule has 0 fully saturated rings. The van der Waals surface area contributed by atoms with E-state index in [2.05, 4.69) is 31.3 Å². The second kappa shape index (κ2) is 8.53. The second-order valence-corrected chi connectivity index (χ2v) is 6.65. The Labute approximate surface area is 159 Å². The number of aromatic nitrogens is 3. The van der Waals surface area contributed by atoms with Gasteiger partial charge in [0.1, 0.15) is 6.33 Å². The number of hydrogen-bond acceptors (Lipinski definition) is 4. The molecule has 3 rings (SSSR count). The molecular formula is C19H17BrN4O2. The maximum absolute atomic E-state index is 12.0. The Bertz CT molecular complexity index is 891. The molecule has 132 valence electrons. The molecule has 0 aliphatic heterocycles. The maximum Gasteiger partial charge on any atom is 0.248 e. The quantitative estimate of drug-likeness (QED) is 0.600. The second-order valence-electron chi connectivity index (χ2n) is 5.73. The fraction of sp³-hybridized carbons (Fsp3) is 0.158. The molecule has 0 radical (unpaired) electrons. The van der Waals surface area contributed by atoms with Crippen LogP contribution in [-0.4, -0.2) is 26.5 Å². The van der Waals surface area contributed by atoms with Gasteiger partial charge in [-0.2, -0.15) is 0 Å². The largest absolute Gasteiger partial charge is 0.294 e. The highest BCUT2D eigenvalue weighted by Crippen LogP contribution is 2.12. The molecule has 1 heterocycles. The first-order valence-electron chi connectivity index (χ1n) is 8.12. The lowest BCUT2D eigenvalue weighted by atomic mass is 10.1. The van der Waals surface area contributed by atoms with Crippen LogP contribution in [0, 0.1) is 0 Å². The van der Waals surface area contributed by atoms with E-state index in [9.17, 15) is 9.59 Å². The summed E-state index contributed by atoms with van der Waals surface area (Å²) in [5, 5.41) is 6.85. The number of anilines is 1. The van der Waals surface area contributed by atoms with Gasteiger partial charge in [-0.3, -0.25) is 14.9 Å². The molecule has 1 N–H and O–H groups in total. The normalized spacial score (nSPS) is 10.5. The Kier molecular flexibility index (Phi) is 5.91. The van der Waals surface area contributed by atoms with Gasteiger partial charge in [0.25, 0.3) is 0 Å². The topological polar surface area (TPSA) is 76.9 Å². The number of halogens is 1. The fourth-order valence-electron chi connectivity index (χ4n) is 2.39. The van der Waals surface area contributed by atoms with Crippen molar-refractivity contribution in [3.05, 3.63) is 76.5 Å². The van der Waals surface area contributed by atoms with Crippen LogP contribution in [0.5, 0.6) is 0 Å². The van der Waals surface area contributed by atoms with E-state index in [1.807, 2.05) is 30.3 Å². The lowest BCUT2D eigenvalue weighted by Gasteiger charge is -2.02. The smallest absolute Gasteiger partial charge is 0.248 e. The third-order valence-corrected chi connectivity index (χ3v) is 4.25. The van der Waals surface area contributed by atoms with E-state index in [-0.39, 0.29) is 30.5 Å². The summed E-state index contributed by atoms with van der Waals surface area (Å²) in [5.41, 5.74) is 1.68. The first-order chi connectivity index (χ1) is 12.6. The van der Waals surface area contributed by atoms with Gasteiger partial charge in [-0.15, -0.1) is 5.10 Å². The zero-order chi connectivity index (χ0) is 18.4. The molecular weight excluding hydrogens is 396 g/mol. The first kappa shape index (κ1) is 18.0.